The van der Waals surface area contributed by atoms with Gasteiger partial charge in [-0.05, 0) is 32.0 Å². The van der Waals surface area contributed by atoms with Crippen LogP contribution in [0.3, 0.4) is 0 Å². The molecule has 21 heavy (non-hydrogen) atoms. The van der Waals surface area contributed by atoms with Crippen molar-refractivity contribution in [1.29, 1.82) is 0 Å². The summed E-state index contributed by atoms with van der Waals surface area (Å²) >= 11 is 0. The van der Waals surface area contributed by atoms with E-state index < -0.39 is 38.2 Å². The zero-order valence-electron chi connectivity index (χ0n) is 11.6. The molecule has 7 nitrogen and oxygen atoms in total. The van der Waals surface area contributed by atoms with Crippen molar-refractivity contribution in [2.24, 2.45) is 0 Å². The summed E-state index contributed by atoms with van der Waals surface area (Å²) in [6.07, 6.45) is 0. The second-order valence-corrected chi connectivity index (χ2v) is 6.51. The lowest BCUT2D eigenvalue weighted by Gasteiger charge is -2.21. The molecule has 1 amide bonds. The standard InChI is InChI=1S/C12H15FN2O5S/c1-7(16)14-8-4-5-10(9(13)6-8)21(19,20)15-12(2,3)11(17)18/h4-6,15H,1-3H3,(H,14,16)(H,17,18). The van der Waals surface area contributed by atoms with E-state index in [-0.39, 0.29) is 5.69 Å². The van der Waals surface area contributed by atoms with Gasteiger partial charge in [0.1, 0.15) is 16.3 Å². The second-order valence-electron chi connectivity index (χ2n) is 4.86. The third-order valence-electron chi connectivity index (χ3n) is 2.47. The summed E-state index contributed by atoms with van der Waals surface area (Å²) in [5.74, 6) is -2.94. The largest absolute Gasteiger partial charge is 0.480 e. The van der Waals surface area contributed by atoms with Crippen molar-refractivity contribution in [3.63, 3.8) is 0 Å². The average molecular weight is 318 g/mol. The van der Waals surface area contributed by atoms with Crippen molar-refractivity contribution in [2.75, 3.05) is 5.32 Å². The molecule has 0 bridgehead atoms. The number of carboxylic acids is 1. The molecule has 0 unspecified atom stereocenters. The quantitative estimate of drug-likeness (QED) is 0.747. The van der Waals surface area contributed by atoms with Crippen LogP contribution in [0.5, 0.6) is 0 Å². The lowest BCUT2D eigenvalue weighted by Crippen LogP contribution is -2.49. The van der Waals surface area contributed by atoms with Gasteiger partial charge in [0.2, 0.25) is 15.9 Å². The summed E-state index contributed by atoms with van der Waals surface area (Å²) in [4.78, 5) is 21.1. The minimum absolute atomic E-state index is 0.0939. The molecule has 0 aliphatic heterocycles. The molecule has 3 N–H and O–H groups in total. The Labute approximate surface area is 121 Å². The molecule has 1 rings (SSSR count). The summed E-state index contributed by atoms with van der Waals surface area (Å²) in [6.45, 7) is 3.49. The predicted molar refractivity (Wildman–Crippen MR) is 72.7 cm³/mol. The molecular formula is C12H15FN2O5S. The van der Waals surface area contributed by atoms with Crippen molar-refractivity contribution >= 4 is 27.6 Å². The van der Waals surface area contributed by atoms with E-state index >= 15 is 0 Å². The Bertz CT molecular complexity index is 685. The average Bonchev–Trinajstić information content (AvgIpc) is 2.25. The number of rotatable bonds is 5. The summed E-state index contributed by atoms with van der Waals surface area (Å²) in [5, 5.41) is 11.2. The van der Waals surface area contributed by atoms with Crippen LogP contribution in [0.1, 0.15) is 20.8 Å². The van der Waals surface area contributed by atoms with E-state index in [1.54, 1.807) is 0 Å². The molecule has 0 aromatic heterocycles. The van der Waals surface area contributed by atoms with Crippen LogP contribution < -0.4 is 10.0 Å². The van der Waals surface area contributed by atoms with Crippen LogP contribution >= 0.6 is 0 Å². The molecule has 0 aliphatic rings. The van der Waals surface area contributed by atoms with Crippen LogP contribution in [0.2, 0.25) is 0 Å². The van der Waals surface area contributed by atoms with Crippen LogP contribution in [0.4, 0.5) is 10.1 Å². The highest BCUT2D eigenvalue weighted by Gasteiger charge is 2.34. The number of aliphatic carboxylic acids is 1. The van der Waals surface area contributed by atoms with E-state index in [0.717, 1.165) is 26.0 Å². The van der Waals surface area contributed by atoms with Crippen molar-refractivity contribution in [2.45, 2.75) is 31.2 Å². The van der Waals surface area contributed by atoms with Gasteiger partial charge < -0.3 is 10.4 Å². The number of anilines is 1. The summed E-state index contributed by atoms with van der Waals surface area (Å²) in [7, 11) is -4.36. The topological polar surface area (TPSA) is 113 Å². The smallest absolute Gasteiger partial charge is 0.324 e. The number of carboxylic acid groups (broad SMARTS) is 1. The number of nitrogens with one attached hydrogen (secondary N) is 2. The van der Waals surface area contributed by atoms with Crippen LogP contribution in [-0.4, -0.2) is 30.9 Å². The molecule has 116 valence electrons. The van der Waals surface area contributed by atoms with Crippen LogP contribution in [-0.2, 0) is 19.6 Å². The molecule has 0 atom stereocenters. The van der Waals surface area contributed by atoms with Crippen molar-refractivity contribution in [3.05, 3.63) is 24.0 Å². The Kier molecular flexibility index (Phi) is 4.69. The predicted octanol–water partition coefficient (Wildman–Crippen LogP) is 0.926. The molecule has 0 saturated carbocycles. The molecule has 1 aromatic carbocycles. The molecule has 0 heterocycles. The molecule has 0 spiro atoms. The van der Waals surface area contributed by atoms with Gasteiger partial charge in [-0.1, -0.05) is 0 Å². The first kappa shape index (κ1) is 17.1. The van der Waals surface area contributed by atoms with Gasteiger partial charge in [-0.2, -0.15) is 4.72 Å². The zero-order chi connectivity index (χ0) is 16.4. The third kappa shape index (κ3) is 4.23. The Morgan fingerprint density at radius 2 is 1.86 bits per heavy atom. The molecule has 9 heteroatoms. The Hall–Kier alpha value is -2.00. The van der Waals surface area contributed by atoms with Crippen molar-refractivity contribution in [1.82, 2.24) is 4.72 Å². The maximum absolute atomic E-state index is 13.9. The van der Waals surface area contributed by atoms with E-state index in [4.69, 9.17) is 5.11 Å². The van der Waals surface area contributed by atoms with Gasteiger partial charge in [-0.3, -0.25) is 9.59 Å². The summed E-state index contributed by atoms with van der Waals surface area (Å²) in [6, 6.07) is 2.98. The first-order valence-corrected chi connectivity index (χ1v) is 7.28. The highest BCUT2D eigenvalue weighted by molar-refractivity contribution is 7.89. The van der Waals surface area contributed by atoms with Gasteiger partial charge in [0.15, 0.2) is 0 Å². The normalized spacial score (nSPS) is 12.0. The lowest BCUT2D eigenvalue weighted by molar-refractivity contribution is -0.142. The zero-order valence-corrected chi connectivity index (χ0v) is 12.4. The highest BCUT2D eigenvalue weighted by Crippen LogP contribution is 2.20. The molecule has 1 aromatic rings. The van der Waals surface area contributed by atoms with E-state index in [1.807, 2.05) is 4.72 Å². The molecular weight excluding hydrogens is 303 g/mol. The number of amides is 1. The fourth-order valence-corrected chi connectivity index (χ4v) is 2.87. The van der Waals surface area contributed by atoms with E-state index in [0.29, 0.717) is 0 Å². The van der Waals surface area contributed by atoms with Crippen LogP contribution in [0.15, 0.2) is 23.1 Å². The molecule has 0 saturated heterocycles. The fraction of sp³-hybridized carbons (Fsp3) is 0.333. The van der Waals surface area contributed by atoms with E-state index in [9.17, 15) is 22.4 Å². The number of benzene rings is 1. The van der Waals surface area contributed by atoms with E-state index in [1.165, 1.54) is 13.0 Å². The minimum atomic E-state index is -4.36. The Balaban J connectivity index is 3.15. The molecule has 0 radical (unpaired) electrons. The fourth-order valence-electron chi connectivity index (χ4n) is 1.43. The minimum Gasteiger partial charge on any atom is -0.480 e. The maximum atomic E-state index is 13.9. The van der Waals surface area contributed by atoms with Gasteiger partial charge in [0.25, 0.3) is 0 Å². The number of carbonyl (C=O) groups is 2. The Morgan fingerprint density at radius 3 is 2.29 bits per heavy atom. The van der Waals surface area contributed by atoms with Gasteiger partial charge in [0, 0.05) is 12.6 Å². The SMILES string of the molecule is CC(=O)Nc1ccc(S(=O)(=O)NC(C)(C)C(=O)O)c(F)c1. The number of halogens is 1. The first-order valence-electron chi connectivity index (χ1n) is 5.80. The molecule has 0 aliphatic carbocycles. The van der Waals surface area contributed by atoms with E-state index in [2.05, 4.69) is 5.32 Å². The lowest BCUT2D eigenvalue weighted by atomic mass is 10.1. The summed E-state index contributed by atoms with van der Waals surface area (Å²) < 4.78 is 39.8. The van der Waals surface area contributed by atoms with Gasteiger partial charge in [0.05, 0.1) is 0 Å². The first-order chi connectivity index (χ1) is 9.45. The van der Waals surface area contributed by atoms with Crippen LogP contribution in [0.25, 0.3) is 0 Å². The van der Waals surface area contributed by atoms with Gasteiger partial charge in [-0.25, -0.2) is 12.8 Å². The highest BCUT2D eigenvalue weighted by atomic mass is 32.2. The number of carbonyl (C=O) groups excluding carboxylic acids is 1. The maximum Gasteiger partial charge on any atom is 0.324 e. The third-order valence-corrected chi connectivity index (χ3v) is 4.16. The second kappa shape index (κ2) is 5.78. The van der Waals surface area contributed by atoms with Crippen LogP contribution in [0, 0.1) is 5.82 Å². The number of hydrogen-bond donors (Lipinski definition) is 3. The Morgan fingerprint density at radius 1 is 1.29 bits per heavy atom. The van der Waals surface area contributed by atoms with Gasteiger partial charge in [-0.15, -0.1) is 0 Å². The van der Waals surface area contributed by atoms with Crippen molar-refractivity contribution in [3.8, 4) is 0 Å². The summed E-state index contributed by atoms with van der Waals surface area (Å²) in [5.41, 5.74) is -1.70. The van der Waals surface area contributed by atoms with Crippen molar-refractivity contribution < 1.29 is 27.5 Å². The monoisotopic (exact) mass is 318 g/mol. The number of hydrogen-bond acceptors (Lipinski definition) is 4. The number of sulfonamides is 1. The molecule has 0 fully saturated rings. The van der Waals surface area contributed by atoms with Gasteiger partial charge >= 0.3 is 5.97 Å².